The highest BCUT2D eigenvalue weighted by molar-refractivity contribution is 5.78. The number of aromatic hydroxyl groups is 1. The largest absolute Gasteiger partial charge is 0.507 e. The van der Waals surface area contributed by atoms with Crippen LogP contribution in [0.2, 0.25) is 0 Å². The van der Waals surface area contributed by atoms with Gasteiger partial charge < -0.3 is 15.3 Å². The third kappa shape index (κ3) is 1.59. The highest BCUT2D eigenvalue weighted by atomic mass is 16.3. The summed E-state index contributed by atoms with van der Waals surface area (Å²) in [6.07, 6.45) is 0. The summed E-state index contributed by atoms with van der Waals surface area (Å²) in [4.78, 5) is 4.30. The van der Waals surface area contributed by atoms with E-state index in [0.717, 1.165) is 5.52 Å². The van der Waals surface area contributed by atoms with Crippen molar-refractivity contribution in [2.45, 2.75) is 0 Å². The van der Waals surface area contributed by atoms with Gasteiger partial charge in [-0.1, -0.05) is 12.1 Å². The van der Waals surface area contributed by atoms with Crippen molar-refractivity contribution in [3.05, 3.63) is 42.5 Å². The standard InChI is InChI=1S/C13H10N2O2/c14-8-5-6-11(16)9(7-8)13-15-10-3-1-2-4-12(10)17-13/h1-7,16H,14H2. The van der Waals surface area contributed by atoms with Crippen LogP contribution in [0.5, 0.6) is 5.75 Å². The zero-order valence-corrected chi connectivity index (χ0v) is 8.92. The van der Waals surface area contributed by atoms with E-state index >= 15 is 0 Å². The summed E-state index contributed by atoms with van der Waals surface area (Å²) >= 11 is 0. The maximum absolute atomic E-state index is 9.76. The van der Waals surface area contributed by atoms with Gasteiger partial charge in [0.1, 0.15) is 11.3 Å². The Morgan fingerprint density at radius 1 is 1.12 bits per heavy atom. The summed E-state index contributed by atoms with van der Waals surface area (Å²) in [5, 5.41) is 9.76. The van der Waals surface area contributed by atoms with Crippen LogP contribution in [0.3, 0.4) is 0 Å². The van der Waals surface area contributed by atoms with Crippen molar-refractivity contribution in [2.24, 2.45) is 0 Å². The lowest BCUT2D eigenvalue weighted by atomic mass is 10.2. The van der Waals surface area contributed by atoms with Gasteiger partial charge in [-0.2, -0.15) is 0 Å². The van der Waals surface area contributed by atoms with E-state index < -0.39 is 0 Å². The molecule has 3 N–H and O–H groups in total. The molecule has 0 saturated heterocycles. The minimum Gasteiger partial charge on any atom is -0.507 e. The number of aromatic nitrogens is 1. The molecular formula is C13H10N2O2. The minimum atomic E-state index is 0.103. The first-order valence-electron chi connectivity index (χ1n) is 5.18. The van der Waals surface area contributed by atoms with E-state index in [1.807, 2.05) is 24.3 Å². The lowest BCUT2D eigenvalue weighted by Crippen LogP contribution is -1.86. The number of phenols is 1. The zero-order valence-electron chi connectivity index (χ0n) is 8.92. The van der Waals surface area contributed by atoms with Gasteiger partial charge in [0.2, 0.25) is 5.89 Å². The van der Waals surface area contributed by atoms with Crippen LogP contribution in [0, 0.1) is 0 Å². The number of hydrogen-bond donors (Lipinski definition) is 2. The topological polar surface area (TPSA) is 72.3 Å². The molecule has 4 nitrogen and oxygen atoms in total. The van der Waals surface area contributed by atoms with Crippen LogP contribution in [0.25, 0.3) is 22.6 Å². The highest BCUT2D eigenvalue weighted by Crippen LogP contribution is 2.32. The van der Waals surface area contributed by atoms with E-state index in [4.69, 9.17) is 10.2 Å². The number of nitrogens with two attached hydrogens (primary N) is 1. The molecule has 17 heavy (non-hydrogen) atoms. The number of nitrogen functional groups attached to an aromatic ring is 1. The molecule has 0 spiro atoms. The molecule has 0 amide bonds. The highest BCUT2D eigenvalue weighted by Gasteiger charge is 2.11. The van der Waals surface area contributed by atoms with Gasteiger partial charge in [0, 0.05) is 5.69 Å². The third-order valence-corrected chi connectivity index (χ3v) is 2.54. The first-order valence-corrected chi connectivity index (χ1v) is 5.18. The van der Waals surface area contributed by atoms with Crippen molar-refractivity contribution in [2.75, 3.05) is 5.73 Å². The third-order valence-electron chi connectivity index (χ3n) is 2.54. The van der Waals surface area contributed by atoms with Crippen LogP contribution in [-0.2, 0) is 0 Å². The van der Waals surface area contributed by atoms with Gasteiger partial charge in [-0.15, -0.1) is 0 Å². The molecule has 0 aliphatic rings. The number of para-hydroxylation sites is 2. The van der Waals surface area contributed by atoms with Gasteiger partial charge in [0.05, 0.1) is 5.56 Å². The Bertz CT molecular complexity index is 656. The first kappa shape index (κ1) is 9.72. The number of rotatable bonds is 1. The predicted molar refractivity (Wildman–Crippen MR) is 65.5 cm³/mol. The van der Waals surface area contributed by atoms with Gasteiger partial charge in [-0.3, -0.25) is 0 Å². The van der Waals surface area contributed by atoms with Crippen molar-refractivity contribution in [1.29, 1.82) is 0 Å². The Labute approximate surface area is 97.3 Å². The van der Waals surface area contributed by atoms with Crippen molar-refractivity contribution in [3.63, 3.8) is 0 Å². The van der Waals surface area contributed by atoms with Crippen LogP contribution >= 0.6 is 0 Å². The Morgan fingerprint density at radius 2 is 1.94 bits per heavy atom. The number of fused-ring (bicyclic) bond motifs is 1. The van der Waals surface area contributed by atoms with E-state index in [1.165, 1.54) is 6.07 Å². The molecule has 1 aromatic heterocycles. The summed E-state index contributed by atoms with van der Waals surface area (Å²) in [6.45, 7) is 0. The summed E-state index contributed by atoms with van der Waals surface area (Å²) < 4.78 is 5.56. The molecule has 0 aliphatic carbocycles. The molecule has 0 aliphatic heterocycles. The molecule has 0 fully saturated rings. The van der Waals surface area contributed by atoms with E-state index in [-0.39, 0.29) is 5.75 Å². The molecule has 0 bridgehead atoms. The average molecular weight is 226 g/mol. The maximum Gasteiger partial charge on any atom is 0.231 e. The Hall–Kier alpha value is -2.49. The van der Waals surface area contributed by atoms with Crippen LogP contribution in [0.15, 0.2) is 46.9 Å². The minimum absolute atomic E-state index is 0.103. The lowest BCUT2D eigenvalue weighted by molar-refractivity contribution is 0.474. The molecule has 2 aromatic carbocycles. The molecular weight excluding hydrogens is 216 g/mol. The van der Waals surface area contributed by atoms with E-state index in [0.29, 0.717) is 22.7 Å². The van der Waals surface area contributed by atoms with Crippen molar-refractivity contribution >= 4 is 16.8 Å². The molecule has 0 saturated carbocycles. The Morgan fingerprint density at radius 3 is 2.76 bits per heavy atom. The van der Waals surface area contributed by atoms with Crippen LogP contribution in [0.4, 0.5) is 5.69 Å². The Kier molecular flexibility index (Phi) is 2.01. The van der Waals surface area contributed by atoms with Crippen molar-refractivity contribution in [1.82, 2.24) is 4.98 Å². The summed E-state index contributed by atoms with van der Waals surface area (Å²) in [7, 11) is 0. The Balaban J connectivity index is 2.23. The zero-order chi connectivity index (χ0) is 11.8. The number of nitrogens with zero attached hydrogens (tertiary/aromatic N) is 1. The van der Waals surface area contributed by atoms with Crippen molar-refractivity contribution in [3.8, 4) is 17.2 Å². The second-order valence-corrected chi connectivity index (χ2v) is 3.76. The smallest absolute Gasteiger partial charge is 0.231 e. The van der Waals surface area contributed by atoms with Gasteiger partial charge >= 0.3 is 0 Å². The van der Waals surface area contributed by atoms with E-state index in [9.17, 15) is 5.11 Å². The first-order chi connectivity index (χ1) is 8.24. The molecule has 0 radical (unpaired) electrons. The lowest BCUT2D eigenvalue weighted by Gasteiger charge is -2.00. The average Bonchev–Trinajstić information content (AvgIpc) is 2.75. The van der Waals surface area contributed by atoms with E-state index in [2.05, 4.69) is 4.98 Å². The fraction of sp³-hybridized carbons (Fsp3) is 0. The normalized spacial score (nSPS) is 10.8. The maximum atomic E-state index is 9.76. The molecule has 1 heterocycles. The monoisotopic (exact) mass is 226 g/mol. The number of oxazole rings is 1. The van der Waals surface area contributed by atoms with Crippen LogP contribution < -0.4 is 5.73 Å². The number of hydrogen-bond acceptors (Lipinski definition) is 4. The molecule has 0 atom stereocenters. The van der Waals surface area contributed by atoms with Gasteiger partial charge in [-0.25, -0.2) is 4.98 Å². The van der Waals surface area contributed by atoms with Crippen LogP contribution in [0.1, 0.15) is 0 Å². The van der Waals surface area contributed by atoms with Crippen LogP contribution in [-0.4, -0.2) is 10.1 Å². The van der Waals surface area contributed by atoms with E-state index in [1.54, 1.807) is 12.1 Å². The number of phenolic OH excluding ortho intramolecular Hbond substituents is 1. The molecule has 3 rings (SSSR count). The fourth-order valence-corrected chi connectivity index (χ4v) is 1.71. The summed E-state index contributed by atoms with van der Waals surface area (Å²) in [5.41, 5.74) is 8.17. The second kappa shape index (κ2) is 3.52. The summed E-state index contributed by atoms with van der Waals surface area (Å²) in [6, 6.07) is 12.2. The van der Waals surface area contributed by atoms with Crippen molar-refractivity contribution < 1.29 is 9.52 Å². The van der Waals surface area contributed by atoms with Gasteiger partial charge in [0.25, 0.3) is 0 Å². The molecule has 0 unspecified atom stereocenters. The quantitative estimate of drug-likeness (QED) is 0.494. The molecule has 3 aromatic rings. The number of benzene rings is 2. The molecule has 84 valence electrons. The van der Waals surface area contributed by atoms with Gasteiger partial charge in [-0.05, 0) is 30.3 Å². The second-order valence-electron chi connectivity index (χ2n) is 3.76. The number of anilines is 1. The predicted octanol–water partition coefficient (Wildman–Crippen LogP) is 2.78. The summed E-state index contributed by atoms with van der Waals surface area (Å²) in [5.74, 6) is 0.474. The molecule has 4 heteroatoms. The van der Waals surface area contributed by atoms with Gasteiger partial charge in [0.15, 0.2) is 5.58 Å². The fourth-order valence-electron chi connectivity index (χ4n) is 1.71. The SMILES string of the molecule is Nc1ccc(O)c(-c2nc3ccccc3o2)c1.